The van der Waals surface area contributed by atoms with Crippen LogP contribution in [-0.2, 0) is 6.42 Å². The van der Waals surface area contributed by atoms with Crippen LogP contribution >= 0.6 is 0 Å². The van der Waals surface area contributed by atoms with E-state index in [-0.39, 0.29) is 12.5 Å². The average molecular weight is 372 g/mol. The Balaban J connectivity index is 1.59. The minimum atomic E-state index is -0.924. The van der Waals surface area contributed by atoms with E-state index in [0.29, 0.717) is 49.4 Å². The molecule has 6 heteroatoms. The molecule has 1 saturated heterocycles. The number of likely N-dealkylation sites (tertiary alicyclic amines) is 1. The van der Waals surface area contributed by atoms with E-state index in [0.717, 1.165) is 11.3 Å². The minimum absolute atomic E-state index is 0.0669. The third-order valence-electron chi connectivity index (χ3n) is 5.45. The summed E-state index contributed by atoms with van der Waals surface area (Å²) in [6, 6.07) is 5.92. The van der Waals surface area contributed by atoms with Crippen LogP contribution in [0, 0.1) is 20.8 Å². The van der Waals surface area contributed by atoms with Gasteiger partial charge in [0.1, 0.15) is 29.3 Å². The second kappa shape index (κ2) is 7.72. The molecule has 0 atom stereocenters. The average Bonchev–Trinajstić information content (AvgIpc) is 3.03. The first-order valence-electron chi connectivity index (χ1n) is 9.50. The van der Waals surface area contributed by atoms with Crippen molar-refractivity contribution in [3.8, 4) is 5.75 Å². The highest BCUT2D eigenvalue weighted by Gasteiger charge is 2.36. The Morgan fingerprint density at radius 1 is 1.26 bits per heavy atom. The predicted molar refractivity (Wildman–Crippen MR) is 102 cm³/mol. The van der Waals surface area contributed by atoms with Crippen LogP contribution in [-0.4, -0.2) is 46.4 Å². The lowest BCUT2D eigenvalue weighted by Crippen LogP contribution is -2.49. The standard InChI is InChI=1S/C21H28N2O4/c1-5-18-19(16(4)27-22-18)20(24)23-10-8-21(25,9-11-23)13-26-17-7-6-14(2)15(3)12-17/h6-7,12,25H,5,8-11,13H2,1-4H3. The maximum atomic E-state index is 12.8. The molecular formula is C21H28N2O4. The molecule has 0 spiro atoms. The van der Waals surface area contributed by atoms with Gasteiger partial charge in [0.15, 0.2) is 0 Å². The van der Waals surface area contributed by atoms with E-state index in [1.807, 2.05) is 32.0 Å². The van der Waals surface area contributed by atoms with Gasteiger partial charge in [-0.15, -0.1) is 0 Å². The molecule has 0 unspecified atom stereocenters. The van der Waals surface area contributed by atoms with Crippen LogP contribution in [0.15, 0.2) is 22.7 Å². The Morgan fingerprint density at radius 3 is 2.59 bits per heavy atom. The summed E-state index contributed by atoms with van der Waals surface area (Å²) >= 11 is 0. The largest absolute Gasteiger partial charge is 0.491 e. The number of nitrogens with zero attached hydrogens (tertiary/aromatic N) is 2. The first-order chi connectivity index (χ1) is 12.8. The number of aromatic nitrogens is 1. The fourth-order valence-corrected chi connectivity index (χ4v) is 3.38. The maximum Gasteiger partial charge on any atom is 0.259 e. The molecule has 6 nitrogen and oxygen atoms in total. The fraction of sp³-hybridized carbons (Fsp3) is 0.524. The van der Waals surface area contributed by atoms with E-state index in [9.17, 15) is 9.90 Å². The number of carbonyl (C=O) groups is 1. The third-order valence-corrected chi connectivity index (χ3v) is 5.45. The number of hydrogen-bond donors (Lipinski definition) is 1. The lowest BCUT2D eigenvalue weighted by Gasteiger charge is -2.37. The lowest BCUT2D eigenvalue weighted by molar-refractivity contribution is -0.0475. The zero-order chi connectivity index (χ0) is 19.6. The van der Waals surface area contributed by atoms with E-state index in [1.165, 1.54) is 5.56 Å². The summed E-state index contributed by atoms with van der Waals surface area (Å²) in [5.41, 5.74) is 2.71. The Hall–Kier alpha value is -2.34. The maximum absolute atomic E-state index is 12.8. The summed E-state index contributed by atoms with van der Waals surface area (Å²) in [4.78, 5) is 14.6. The van der Waals surface area contributed by atoms with Crippen molar-refractivity contribution < 1.29 is 19.2 Å². The van der Waals surface area contributed by atoms with Crippen molar-refractivity contribution in [3.63, 3.8) is 0 Å². The SMILES string of the molecule is CCc1noc(C)c1C(=O)N1CCC(O)(COc2ccc(C)c(C)c2)CC1. The lowest BCUT2D eigenvalue weighted by atomic mass is 9.92. The molecule has 2 aromatic rings. The van der Waals surface area contributed by atoms with E-state index >= 15 is 0 Å². The van der Waals surface area contributed by atoms with Crippen LogP contribution in [0.3, 0.4) is 0 Å². The Kier molecular flexibility index (Phi) is 5.56. The summed E-state index contributed by atoms with van der Waals surface area (Å²) in [5.74, 6) is 1.25. The Morgan fingerprint density at radius 2 is 1.96 bits per heavy atom. The van der Waals surface area contributed by atoms with Gasteiger partial charge in [0, 0.05) is 13.1 Å². The first-order valence-corrected chi connectivity index (χ1v) is 9.50. The molecule has 27 heavy (non-hydrogen) atoms. The summed E-state index contributed by atoms with van der Waals surface area (Å²) in [6.45, 7) is 9.01. The molecule has 3 rings (SSSR count). The molecule has 1 aliphatic rings. The van der Waals surface area contributed by atoms with Gasteiger partial charge in [-0.25, -0.2) is 0 Å². The van der Waals surface area contributed by atoms with Gasteiger partial charge in [0.05, 0.1) is 5.69 Å². The molecule has 0 saturated carbocycles. The smallest absolute Gasteiger partial charge is 0.259 e. The number of aliphatic hydroxyl groups is 1. The second-order valence-electron chi connectivity index (χ2n) is 7.47. The first kappa shape index (κ1) is 19.4. The van der Waals surface area contributed by atoms with Crippen molar-refractivity contribution in [2.24, 2.45) is 0 Å². The molecular weight excluding hydrogens is 344 g/mol. The number of rotatable bonds is 5. The molecule has 0 radical (unpaired) electrons. The van der Waals surface area contributed by atoms with Gasteiger partial charge < -0.3 is 19.3 Å². The Bertz CT molecular complexity index is 820. The van der Waals surface area contributed by atoms with E-state index in [2.05, 4.69) is 12.1 Å². The van der Waals surface area contributed by atoms with Crippen LogP contribution in [0.25, 0.3) is 0 Å². The number of amides is 1. The normalized spacial score (nSPS) is 16.4. The van der Waals surface area contributed by atoms with Gasteiger partial charge in [-0.05, 0) is 63.3 Å². The molecule has 1 N–H and O–H groups in total. The molecule has 1 fully saturated rings. The Labute approximate surface area is 160 Å². The predicted octanol–water partition coefficient (Wildman–Crippen LogP) is 3.21. The summed E-state index contributed by atoms with van der Waals surface area (Å²) < 4.78 is 11.0. The monoisotopic (exact) mass is 372 g/mol. The summed E-state index contributed by atoms with van der Waals surface area (Å²) in [6.07, 6.45) is 1.62. The van der Waals surface area contributed by atoms with Crippen LogP contribution in [0.2, 0.25) is 0 Å². The highest BCUT2D eigenvalue weighted by atomic mass is 16.5. The van der Waals surface area contributed by atoms with Crippen molar-refractivity contribution in [1.29, 1.82) is 0 Å². The van der Waals surface area contributed by atoms with Gasteiger partial charge in [0.2, 0.25) is 0 Å². The van der Waals surface area contributed by atoms with Crippen LogP contribution in [0.4, 0.5) is 0 Å². The van der Waals surface area contributed by atoms with E-state index in [4.69, 9.17) is 9.26 Å². The van der Waals surface area contributed by atoms with Gasteiger partial charge in [-0.1, -0.05) is 18.1 Å². The van der Waals surface area contributed by atoms with Crippen LogP contribution in [0.1, 0.15) is 52.7 Å². The molecule has 2 heterocycles. The zero-order valence-electron chi connectivity index (χ0n) is 16.5. The van der Waals surface area contributed by atoms with Crippen molar-refractivity contribution >= 4 is 5.91 Å². The molecule has 1 amide bonds. The van der Waals surface area contributed by atoms with E-state index < -0.39 is 5.60 Å². The molecule has 0 bridgehead atoms. The molecule has 1 aliphatic heterocycles. The van der Waals surface area contributed by atoms with Crippen molar-refractivity contribution in [1.82, 2.24) is 10.1 Å². The molecule has 1 aromatic heterocycles. The quantitative estimate of drug-likeness (QED) is 0.872. The third kappa shape index (κ3) is 4.16. The number of ether oxygens (including phenoxy) is 1. The summed E-state index contributed by atoms with van der Waals surface area (Å²) in [7, 11) is 0. The minimum Gasteiger partial charge on any atom is -0.491 e. The van der Waals surface area contributed by atoms with Crippen LogP contribution < -0.4 is 4.74 Å². The highest BCUT2D eigenvalue weighted by molar-refractivity contribution is 5.96. The molecule has 0 aliphatic carbocycles. The molecule has 146 valence electrons. The van der Waals surface area contributed by atoms with Gasteiger partial charge in [0.25, 0.3) is 5.91 Å². The van der Waals surface area contributed by atoms with Gasteiger partial charge in [-0.3, -0.25) is 4.79 Å². The highest BCUT2D eigenvalue weighted by Crippen LogP contribution is 2.27. The fourth-order valence-electron chi connectivity index (χ4n) is 3.38. The zero-order valence-corrected chi connectivity index (χ0v) is 16.5. The number of carbonyl (C=O) groups excluding carboxylic acids is 1. The number of piperidine rings is 1. The van der Waals surface area contributed by atoms with Crippen LogP contribution in [0.5, 0.6) is 5.75 Å². The number of benzene rings is 1. The topological polar surface area (TPSA) is 75.8 Å². The van der Waals surface area contributed by atoms with Crippen molar-refractivity contribution in [2.75, 3.05) is 19.7 Å². The second-order valence-corrected chi connectivity index (χ2v) is 7.47. The number of hydrogen-bond acceptors (Lipinski definition) is 5. The summed E-state index contributed by atoms with van der Waals surface area (Å²) in [5, 5.41) is 14.8. The van der Waals surface area contributed by atoms with E-state index in [1.54, 1.807) is 11.8 Å². The number of aryl methyl sites for hydroxylation is 4. The van der Waals surface area contributed by atoms with Gasteiger partial charge in [-0.2, -0.15) is 0 Å². The van der Waals surface area contributed by atoms with Crippen molar-refractivity contribution in [2.45, 2.75) is 52.6 Å². The van der Waals surface area contributed by atoms with Crippen molar-refractivity contribution in [3.05, 3.63) is 46.3 Å². The van der Waals surface area contributed by atoms with Gasteiger partial charge >= 0.3 is 0 Å². The molecule has 1 aromatic carbocycles.